The van der Waals surface area contributed by atoms with Gasteiger partial charge < -0.3 is 5.32 Å². The molecule has 1 aliphatic rings. The van der Waals surface area contributed by atoms with Gasteiger partial charge in [0.1, 0.15) is 11.6 Å². The fourth-order valence-corrected chi connectivity index (χ4v) is 2.46. The summed E-state index contributed by atoms with van der Waals surface area (Å²) in [6, 6.07) is 8.28. The largest absolute Gasteiger partial charge is 0.347 e. The van der Waals surface area contributed by atoms with Crippen molar-refractivity contribution in [2.45, 2.75) is 19.9 Å². The Labute approximate surface area is 126 Å². The Morgan fingerprint density at radius 2 is 1.95 bits per heavy atom. The quantitative estimate of drug-likeness (QED) is 0.886. The monoisotopic (exact) mass is 298 g/mol. The number of rotatable bonds is 3. The molecular formula is C17H15FN2O2. The van der Waals surface area contributed by atoms with E-state index in [1.165, 1.54) is 36.4 Å². The number of hydrogen-bond acceptors (Lipinski definition) is 3. The molecule has 0 aliphatic carbocycles. The van der Waals surface area contributed by atoms with E-state index in [2.05, 4.69) is 5.32 Å². The van der Waals surface area contributed by atoms with Crippen molar-refractivity contribution in [2.24, 2.45) is 0 Å². The van der Waals surface area contributed by atoms with Crippen LogP contribution >= 0.6 is 0 Å². The summed E-state index contributed by atoms with van der Waals surface area (Å²) in [5.74, 6) is -0.153. The second-order valence-electron chi connectivity index (χ2n) is 5.16. The van der Waals surface area contributed by atoms with Crippen molar-refractivity contribution >= 4 is 11.6 Å². The summed E-state index contributed by atoms with van der Waals surface area (Å²) in [5, 5.41) is 3.04. The molecule has 0 spiro atoms. The van der Waals surface area contributed by atoms with Crippen molar-refractivity contribution < 1.29 is 9.18 Å². The summed E-state index contributed by atoms with van der Waals surface area (Å²) in [4.78, 5) is 24.6. The van der Waals surface area contributed by atoms with Crippen LogP contribution < -0.4 is 10.9 Å². The fourth-order valence-electron chi connectivity index (χ4n) is 2.46. The Morgan fingerprint density at radius 3 is 2.64 bits per heavy atom. The Morgan fingerprint density at radius 1 is 1.23 bits per heavy atom. The number of carbonyl (C=O) groups excluding carboxylic acids is 1. The van der Waals surface area contributed by atoms with Gasteiger partial charge in [-0.2, -0.15) is 0 Å². The number of nitrogens with zero attached hydrogens (tertiary/aromatic N) is 1. The summed E-state index contributed by atoms with van der Waals surface area (Å²) >= 11 is 0. The number of ketones is 1. The Balaban J connectivity index is 2.06. The van der Waals surface area contributed by atoms with Gasteiger partial charge in [0.2, 0.25) is 0 Å². The molecule has 1 aliphatic heterocycles. The number of pyridine rings is 1. The number of carbonyl (C=O) groups is 1. The van der Waals surface area contributed by atoms with Crippen LogP contribution in [0.4, 0.5) is 10.2 Å². The lowest BCUT2D eigenvalue weighted by Gasteiger charge is -2.22. The molecule has 22 heavy (non-hydrogen) atoms. The summed E-state index contributed by atoms with van der Waals surface area (Å²) in [6.07, 6.45) is 2.66. The number of hydrogen-bond donors (Lipinski definition) is 1. The molecule has 1 N–H and O–H groups in total. The first-order valence-electron chi connectivity index (χ1n) is 7.08. The van der Waals surface area contributed by atoms with Gasteiger partial charge in [0, 0.05) is 17.8 Å². The minimum Gasteiger partial charge on any atom is -0.347 e. The Hall–Kier alpha value is -2.69. The third-order valence-electron chi connectivity index (χ3n) is 3.76. The molecule has 4 nitrogen and oxygen atoms in total. The number of halogens is 1. The summed E-state index contributed by atoms with van der Waals surface area (Å²) in [6.45, 7) is 2.49. The lowest BCUT2D eigenvalue weighted by molar-refractivity contribution is 0.103. The molecule has 0 amide bonds. The highest BCUT2D eigenvalue weighted by atomic mass is 19.1. The maximum Gasteiger partial charge on any atom is 0.252 e. The van der Waals surface area contributed by atoms with E-state index in [1.54, 1.807) is 4.57 Å². The lowest BCUT2D eigenvalue weighted by atomic mass is 10.0. The summed E-state index contributed by atoms with van der Waals surface area (Å²) in [7, 11) is 0. The molecular weight excluding hydrogens is 283 g/mol. The smallest absolute Gasteiger partial charge is 0.252 e. The van der Waals surface area contributed by atoms with Crippen LogP contribution in [0.2, 0.25) is 0 Å². The number of nitrogens with one attached hydrogen (secondary N) is 1. The zero-order valence-corrected chi connectivity index (χ0v) is 12.1. The van der Waals surface area contributed by atoms with E-state index in [9.17, 15) is 14.0 Å². The first-order valence-corrected chi connectivity index (χ1v) is 7.08. The van der Waals surface area contributed by atoms with E-state index in [0.717, 1.165) is 12.0 Å². The van der Waals surface area contributed by atoms with Gasteiger partial charge in [0.15, 0.2) is 5.78 Å². The molecule has 112 valence electrons. The van der Waals surface area contributed by atoms with Crippen molar-refractivity contribution in [3.8, 4) is 0 Å². The molecule has 2 heterocycles. The van der Waals surface area contributed by atoms with Crippen LogP contribution in [0, 0.1) is 5.82 Å². The van der Waals surface area contributed by atoms with Gasteiger partial charge >= 0.3 is 0 Å². The zero-order valence-electron chi connectivity index (χ0n) is 12.1. The normalized spacial score (nSPS) is 13.1. The van der Waals surface area contributed by atoms with E-state index in [-0.39, 0.29) is 11.3 Å². The predicted octanol–water partition coefficient (Wildman–Crippen LogP) is 2.94. The lowest BCUT2D eigenvalue weighted by Crippen LogP contribution is -2.28. The fraction of sp³-hybridized carbons (Fsp3) is 0.176. The molecule has 5 heteroatoms. The van der Waals surface area contributed by atoms with Crippen molar-refractivity contribution in [2.75, 3.05) is 5.32 Å². The molecule has 1 aromatic carbocycles. The minimum absolute atomic E-state index is 0.155. The summed E-state index contributed by atoms with van der Waals surface area (Å²) < 4.78 is 14.5. The third-order valence-corrected chi connectivity index (χ3v) is 3.76. The Kier molecular flexibility index (Phi) is 3.63. The van der Waals surface area contributed by atoms with E-state index in [4.69, 9.17) is 0 Å². The van der Waals surface area contributed by atoms with Gasteiger partial charge in [0.05, 0.1) is 12.1 Å². The van der Waals surface area contributed by atoms with E-state index >= 15 is 0 Å². The number of allylic oxidation sites excluding steroid dienone is 1. The molecule has 0 unspecified atom stereocenters. The van der Waals surface area contributed by atoms with Crippen molar-refractivity contribution in [3.63, 3.8) is 0 Å². The average Bonchev–Trinajstić information content (AvgIpc) is 2.55. The molecule has 0 fully saturated rings. The first-order chi connectivity index (χ1) is 10.6. The SMILES string of the molecule is CCC1=CNc2c(C(=O)c3ccc(F)cc3)ccc(=O)n2C1. The molecule has 1 aromatic heterocycles. The standard InChI is InChI=1S/C17H15FN2O2/c1-2-11-9-19-17-14(7-8-15(21)20(17)10-11)16(22)12-3-5-13(18)6-4-12/h3-9,19H,2,10H2,1H3. The predicted molar refractivity (Wildman–Crippen MR) is 82.5 cm³/mol. The van der Waals surface area contributed by atoms with Crippen LogP contribution in [0.1, 0.15) is 29.3 Å². The number of anilines is 1. The molecule has 0 radical (unpaired) electrons. The molecule has 2 aromatic rings. The summed E-state index contributed by atoms with van der Waals surface area (Å²) in [5.41, 5.74) is 1.71. The number of fused-ring (bicyclic) bond motifs is 1. The highest BCUT2D eigenvalue weighted by Gasteiger charge is 2.20. The minimum atomic E-state index is -0.392. The van der Waals surface area contributed by atoms with Crippen LogP contribution in [0.3, 0.4) is 0 Å². The van der Waals surface area contributed by atoms with Gasteiger partial charge in [-0.15, -0.1) is 0 Å². The molecule has 0 saturated heterocycles. The highest BCUT2D eigenvalue weighted by molar-refractivity contribution is 6.12. The van der Waals surface area contributed by atoms with E-state index < -0.39 is 5.82 Å². The van der Waals surface area contributed by atoms with Gasteiger partial charge in [-0.25, -0.2) is 4.39 Å². The second kappa shape index (κ2) is 5.60. The van der Waals surface area contributed by atoms with Gasteiger partial charge in [0.25, 0.3) is 5.56 Å². The molecule has 0 bridgehead atoms. The Bertz CT molecular complexity index is 820. The number of benzene rings is 1. The second-order valence-corrected chi connectivity index (χ2v) is 5.16. The first kappa shape index (κ1) is 14.3. The van der Waals surface area contributed by atoms with Crippen molar-refractivity contribution in [1.82, 2.24) is 4.57 Å². The zero-order chi connectivity index (χ0) is 15.7. The number of aromatic nitrogens is 1. The van der Waals surface area contributed by atoms with Crippen LogP contribution in [0.15, 0.2) is 53.0 Å². The average molecular weight is 298 g/mol. The highest BCUT2D eigenvalue weighted by Crippen LogP contribution is 2.23. The molecule has 0 saturated carbocycles. The topological polar surface area (TPSA) is 51.1 Å². The van der Waals surface area contributed by atoms with Crippen molar-refractivity contribution in [1.29, 1.82) is 0 Å². The van der Waals surface area contributed by atoms with Crippen LogP contribution in [0.5, 0.6) is 0 Å². The van der Waals surface area contributed by atoms with Crippen molar-refractivity contribution in [3.05, 3.63) is 75.5 Å². The van der Waals surface area contributed by atoms with E-state index in [1.807, 2.05) is 13.1 Å². The van der Waals surface area contributed by atoms with Crippen LogP contribution in [-0.4, -0.2) is 10.4 Å². The van der Waals surface area contributed by atoms with Crippen LogP contribution in [-0.2, 0) is 6.54 Å². The van der Waals surface area contributed by atoms with Gasteiger partial charge in [-0.1, -0.05) is 6.92 Å². The van der Waals surface area contributed by atoms with Gasteiger partial charge in [-0.05, 0) is 42.3 Å². The molecule has 3 rings (SSSR count). The third kappa shape index (κ3) is 2.45. The maximum absolute atomic E-state index is 13.0. The maximum atomic E-state index is 13.0. The van der Waals surface area contributed by atoms with Gasteiger partial charge in [-0.3, -0.25) is 14.2 Å². The molecule has 0 atom stereocenters. The van der Waals surface area contributed by atoms with Crippen LogP contribution in [0.25, 0.3) is 0 Å². The van der Waals surface area contributed by atoms with E-state index in [0.29, 0.717) is 23.5 Å².